The molecule has 0 heterocycles. The van der Waals surface area contributed by atoms with Crippen molar-refractivity contribution in [3.8, 4) is 0 Å². The van der Waals surface area contributed by atoms with Gasteiger partial charge in [-0.25, -0.2) is 0 Å². The van der Waals surface area contributed by atoms with E-state index in [1.54, 1.807) is 32.2 Å². The van der Waals surface area contributed by atoms with Gasteiger partial charge in [0.25, 0.3) is 0 Å². The number of hydrogen-bond acceptors (Lipinski definition) is 2. The van der Waals surface area contributed by atoms with Crippen LogP contribution < -0.4 is 0 Å². The van der Waals surface area contributed by atoms with Gasteiger partial charge in [0.1, 0.15) is 0 Å². The van der Waals surface area contributed by atoms with E-state index in [1.165, 1.54) is 4.90 Å². The van der Waals surface area contributed by atoms with Crippen LogP contribution in [0.15, 0.2) is 18.2 Å². The standard InChI is InChI=1S/C14H17Cl2NO3/c1-9(14(19)20)8-17(2)13(18)6-4-10-3-5-11(15)7-12(10)16/h3,5,7,9H,4,6,8H2,1-2H3,(H,19,20). The van der Waals surface area contributed by atoms with Crippen molar-refractivity contribution >= 4 is 35.1 Å². The summed E-state index contributed by atoms with van der Waals surface area (Å²) in [6.07, 6.45) is 0.783. The van der Waals surface area contributed by atoms with Crippen molar-refractivity contribution in [3.63, 3.8) is 0 Å². The molecule has 1 N–H and O–H groups in total. The van der Waals surface area contributed by atoms with Gasteiger partial charge in [0, 0.05) is 30.1 Å². The van der Waals surface area contributed by atoms with Crippen LogP contribution >= 0.6 is 23.2 Å². The zero-order valence-corrected chi connectivity index (χ0v) is 12.9. The van der Waals surface area contributed by atoms with E-state index < -0.39 is 11.9 Å². The lowest BCUT2D eigenvalue weighted by atomic mass is 10.1. The molecule has 20 heavy (non-hydrogen) atoms. The highest BCUT2D eigenvalue weighted by Gasteiger charge is 2.17. The average Bonchev–Trinajstić information content (AvgIpc) is 2.37. The van der Waals surface area contributed by atoms with Crippen LogP contribution in [0.1, 0.15) is 18.9 Å². The highest BCUT2D eigenvalue weighted by atomic mass is 35.5. The first kappa shape index (κ1) is 16.8. The zero-order chi connectivity index (χ0) is 15.3. The maximum atomic E-state index is 11.9. The Morgan fingerprint density at radius 2 is 2.00 bits per heavy atom. The molecule has 4 nitrogen and oxygen atoms in total. The molecule has 0 spiro atoms. The van der Waals surface area contributed by atoms with Crippen LogP contribution in [0.25, 0.3) is 0 Å². The molecule has 1 aromatic rings. The number of carboxylic acids is 1. The molecule has 1 aromatic carbocycles. The summed E-state index contributed by atoms with van der Waals surface area (Å²) in [5, 5.41) is 9.90. The Hall–Kier alpha value is -1.26. The minimum atomic E-state index is -0.912. The third-order valence-corrected chi connectivity index (χ3v) is 3.61. The summed E-state index contributed by atoms with van der Waals surface area (Å²) in [7, 11) is 1.60. The van der Waals surface area contributed by atoms with E-state index in [0.717, 1.165) is 5.56 Å². The minimum Gasteiger partial charge on any atom is -0.481 e. The van der Waals surface area contributed by atoms with E-state index in [-0.39, 0.29) is 18.9 Å². The van der Waals surface area contributed by atoms with E-state index in [1.807, 2.05) is 0 Å². The van der Waals surface area contributed by atoms with Crippen LogP contribution in [0.3, 0.4) is 0 Å². The second-order valence-corrected chi connectivity index (χ2v) is 5.59. The fourth-order valence-corrected chi connectivity index (χ4v) is 2.25. The van der Waals surface area contributed by atoms with Crippen LogP contribution in [-0.2, 0) is 16.0 Å². The van der Waals surface area contributed by atoms with E-state index in [9.17, 15) is 9.59 Å². The number of aryl methyl sites for hydroxylation is 1. The molecule has 0 aliphatic heterocycles. The molecule has 0 saturated carbocycles. The van der Waals surface area contributed by atoms with Crippen molar-refractivity contribution in [1.82, 2.24) is 4.90 Å². The lowest BCUT2D eigenvalue weighted by molar-refractivity contribution is -0.142. The van der Waals surface area contributed by atoms with Gasteiger partial charge >= 0.3 is 5.97 Å². The number of carbonyl (C=O) groups is 2. The van der Waals surface area contributed by atoms with Crippen LogP contribution in [0.4, 0.5) is 0 Å². The molecular formula is C14H17Cl2NO3. The molecule has 0 radical (unpaired) electrons. The molecule has 0 saturated heterocycles. The highest BCUT2D eigenvalue weighted by Crippen LogP contribution is 2.22. The first-order valence-electron chi connectivity index (χ1n) is 6.22. The van der Waals surface area contributed by atoms with Gasteiger partial charge < -0.3 is 10.0 Å². The topological polar surface area (TPSA) is 57.6 Å². The Bertz CT molecular complexity index is 505. The van der Waals surface area contributed by atoms with Gasteiger partial charge in [-0.2, -0.15) is 0 Å². The van der Waals surface area contributed by atoms with Crippen molar-refractivity contribution in [1.29, 1.82) is 0 Å². The van der Waals surface area contributed by atoms with Gasteiger partial charge in [0.2, 0.25) is 5.91 Å². The summed E-state index contributed by atoms with van der Waals surface area (Å²) in [5.74, 6) is -1.60. The Kier molecular flexibility index (Phi) is 6.30. The normalized spacial score (nSPS) is 12.0. The maximum Gasteiger partial charge on any atom is 0.308 e. The second-order valence-electron chi connectivity index (χ2n) is 4.75. The molecule has 0 aliphatic carbocycles. The summed E-state index contributed by atoms with van der Waals surface area (Å²) in [6.45, 7) is 1.77. The van der Waals surface area contributed by atoms with Gasteiger partial charge in [0.15, 0.2) is 0 Å². The Balaban J connectivity index is 2.52. The molecule has 1 atom stereocenters. The molecule has 0 aliphatic rings. The number of rotatable bonds is 6. The van der Waals surface area contributed by atoms with E-state index in [4.69, 9.17) is 28.3 Å². The first-order valence-corrected chi connectivity index (χ1v) is 6.97. The van der Waals surface area contributed by atoms with Crippen LogP contribution in [0, 0.1) is 5.92 Å². The Morgan fingerprint density at radius 1 is 1.35 bits per heavy atom. The van der Waals surface area contributed by atoms with Crippen LogP contribution in [0.2, 0.25) is 10.0 Å². The molecule has 0 aromatic heterocycles. The fraction of sp³-hybridized carbons (Fsp3) is 0.429. The minimum absolute atomic E-state index is 0.107. The quantitative estimate of drug-likeness (QED) is 0.877. The third kappa shape index (κ3) is 5.02. The molecular weight excluding hydrogens is 301 g/mol. The summed E-state index contributed by atoms with van der Waals surface area (Å²) in [4.78, 5) is 24.1. The van der Waals surface area contributed by atoms with Crippen molar-refractivity contribution in [2.45, 2.75) is 19.8 Å². The van der Waals surface area contributed by atoms with E-state index in [2.05, 4.69) is 0 Å². The summed E-state index contributed by atoms with van der Waals surface area (Å²) in [5.41, 5.74) is 0.851. The third-order valence-electron chi connectivity index (χ3n) is 3.02. The lowest BCUT2D eigenvalue weighted by Gasteiger charge is -2.19. The molecule has 110 valence electrons. The Morgan fingerprint density at radius 3 is 2.55 bits per heavy atom. The van der Waals surface area contributed by atoms with Gasteiger partial charge in [-0.15, -0.1) is 0 Å². The van der Waals surface area contributed by atoms with Crippen molar-refractivity contribution in [2.24, 2.45) is 5.92 Å². The number of hydrogen-bond donors (Lipinski definition) is 1. The van der Waals surface area contributed by atoms with E-state index >= 15 is 0 Å². The highest BCUT2D eigenvalue weighted by molar-refractivity contribution is 6.35. The van der Waals surface area contributed by atoms with Crippen LogP contribution in [0.5, 0.6) is 0 Å². The van der Waals surface area contributed by atoms with E-state index in [0.29, 0.717) is 16.5 Å². The summed E-state index contributed by atoms with van der Waals surface area (Å²) in [6, 6.07) is 5.15. The number of amides is 1. The number of carboxylic acid groups (broad SMARTS) is 1. The fourth-order valence-electron chi connectivity index (χ4n) is 1.75. The predicted octanol–water partition coefficient (Wildman–Crippen LogP) is 3.11. The van der Waals surface area contributed by atoms with Crippen molar-refractivity contribution in [3.05, 3.63) is 33.8 Å². The van der Waals surface area contributed by atoms with Gasteiger partial charge in [-0.1, -0.05) is 36.2 Å². The lowest BCUT2D eigenvalue weighted by Crippen LogP contribution is -2.33. The molecule has 0 bridgehead atoms. The zero-order valence-electron chi connectivity index (χ0n) is 11.4. The average molecular weight is 318 g/mol. The SMILES string of the molecule is CC(CN(C)C(=O)CCc1ccc(Cl)cc1Cl)C(=O)O. The molecule has 0 fully saturated rings. The monoisotopic (exact) mass is 317 g/mol. The number of halogens is 2. The van der Waals surface area contributed by atoms with Gasteiger partial charge in [0.05, 0.1) is 5.92 Å². The first-order chi connectivity index (χ1) is 9.31. The Labute approximate surface area is 128 Å². The molecule has 1 unspecified atom stereocenters. The van der Waals surface area contributed by atoms with Crippen molar-refractivity contribution in [2.75, 3.05) is 13.6 Å². The maximum absolute atomic E-state index is 11.9. The number of benzene rings is 1. The largest absolute Gasteiger partial charge is 0.481 e. The molecule has 1 amide bonds. The molecule has 6 heteroatoms. The van der Waals surface area contributed by atoms with Gasteiger partial charge in [-0.05, 0) is 24.1 Å². The number of aliphatic carboxylic acids is 1. The summed E-state index contributed by atoms with van der Waals surface area (Å²) >= 11 is 11.8. The second kappa shape index (κ2) is 7.50. The predicted molar refractivity (Wildman–Crippen MR) is 79.2 cm³/mol. The van der Waals surface area contributed by atoms with Gasteiger partial charge in [-0.3, -0.25) is 9.59 Å². The summed E-state index contributed by atoms with van der Waals surface area (Å²) < 4.78 is 0. The van der Waals surface area contributed by atoms with Crippen molar-refractivity contribution < 1.29 is 14.7 Å². The smallest absolute Gasteiger partial charge is 0.308 e. The molecule has 1 rings (SSSR count). The number of nitrogens with zero attached hydrogens (tertiary/aromatic N) is 1. The number of carbonyl (C=O) groups excluding carboxylic acids is 1. The van der Waals surface area contributed by atoms with Crippen LogP contribution in [-0.4, -0.2) is 35.5 Å².